The first-order valence-corrected chi connectivity index (χ1v) is 9.82. The fourth-order valence-corrected chi connectivity index (χ4v) is 3.66. The van der Waals surface area contributed by atoms with Crippen LogP contribution in [0.15, 0.2) is 102 Å². The molecule has 31 heavy (non-hydrogen) atoms. The second kappa shape index (κ2) is 8.67. The third-order valence-corrected chi connectivity index (χ3v) is 5.08. The van der Waals surface area contributed by atoms with Crippen LogP contribution in [0.5, 0.6) is 0 Å². The van der Waals surface area contributed by atoms with Crippen molar-refractivity contribution >= 4 is 24.0 Å². The Labute approximate surface area is 180 Å². The number of likely N-dealkylation sites (N-methyl/N-ethyl adjacent to an activating group) is 1. The van der Waals surface area contributed by atoms with Crippen LogP contribution in [0.4, 0.5) is 4.79 Å². The van der Waals surface area contributed by atoms with Gasteiger partial charge in [-0.25, -0.2) is 9.69 Å². The van der Waals surface area contributed by atoms with E-state index in [1.54, 1.807) is 42.3 Å². The summed E-state index contributed by atoms with van der Waals surface area (Å²) in [4.78, 5) is 32.1. The van der Waals surface area contributed by atoms with Crippen LogP contribution in [0, 0.1) is 0 Å². The zero-order chi connectivity index (χ0) is 21.8. The van der Waals surface area contributed by atoms with E-state index >= 15 is 0 Å². The molecule has 0 bridgehead atoms. The van der Waals surface area contributed by atoms with Gasteiger partial charge in [-0.05, 0) is 29.3 Å². The molecule has 6 heteroatoms. The Balaban J connectivity index is 1.86. The van der Waals surface area contributed by atoms with Crippen LogP contribution in [-0.4, -0.2) is 39.9 Å². The summed E-state index contributed by atoms with van der Waals surface area (Å²) in [7, 11) is 1.75. The molecular weight excluding hydrogens is 390 g/mol. The number of benzene rings is 3. The molecule has 4 rings (SSSR count). The quantitative estimate of drug-likeness (QED) is 0.666. The van der Waals surface area contributed by atoms with Gasteiger partial charge in [-0.3, -0.25) is 4.79 Å². The van der Waals surface area contributed by atoms with Crippen molar-refractivity contribution in [2.75, 3.05) is 7.05 Å². The summed E-state index contributed by atoms with van der Waals surface area (Å²) in [6.45, 7) is 0. The lowest BCUT2D eigenvalue weighted by molar-refractivity contribution is 0.100. The van der Waals surface area contributed by atoms with Crippen molar-refractivity contribution < 1.29 is 14.7 Å². The maximum absolute atomic E-state index is 12.8. The molecule has 0 radical (unpaired) electrons. The molecule has 0 aliphatic carbocycles. The number of hydrogen-bond donors (Lipinski definition) is 1. The van der Waals surface area contributed by atoms with Crippen molar-refractivity contribution in [1.82, 2.24) is 9.80 Å². The van der Waals surface area contributed by atoms with E-state index in [1.165, 1.54) is 0 Å². The number of amides is 2. The first-order valence-electron chi connectivity index (χ1n) is 9.82. The van der Waals surface area contributed by atoms with Crippen LogP contribution in [0.2, 0.25) is 0 Å². The Kier molecular flexibility index (Phi) is 5.62. The second-order valence-corrected chi connectivity index (χ2v) is 7.10. The van der Waals surface area contributed by atoms with E-state index in [1.807, 2.05) is 66.7 Å². The third-order valence-electron chi connectivity index (χ3n) is 5.08. The predicted molar refractivity (Wildman–Crippen MR) is 119 cm³/mol. The minimum atomic E-state index is -1.20. The van der Waals surface area contributed by atoms with Crippen molar-refractivity contribution in [3.8, 4) is 0 Å². The van der Waals surface area contributed by atoms with Gasteiger partial charge in [0.05, 0.1) is 11.7 Å². The SMILES string of the molecule is CN1/C(=N/C(=O)c2ccccc2)N(C(=O)O)/C(=C\c2ccccc2)C1c1ccccc1. The topological polar surface area (TPSA) is 73.2 Å². The van der Waals surface area contributed by atoms with Gasteiger partial charge in [-0.2, -0.15) is 4.99 Å². The van der Waals surface area contributed by atoms with Crippen LogP contribution in [0.3, 0.4) is 0 Å². The summed E-state index contributed by atoms with van der Waals surface area (Å²) in [6, 6.07) is 27.2. The fraction of sp³-hybridized carbons (Fsp3) is 0.0800. The molecule has 0 aromatic heterocycles. The molecule has 1 unspecified atom stereocenters. The van der Waals surface area contributed by atoms with Gasteiger partial charge < -0.3 is 10.0 Å². The maximum atomic E-state index is 12.8. The van der Waals surface area contributed by atoms with Crippen molar-refractivity contribution in [3.63, 3.8) is 0 Å². The van der Waals surface area contributed by atoms with Gasteiger partial charge in [0.15, 0.2) is 0 Å². The number of carbonyl (C=O) groups excluding carboxylic acids is 1. The van der Waals surface area contributed by atoms with Gasteiger partial charge in [0.25, 0.3) is 5.91 Å². The number of carboxylic acid groups (broad SMARTS) is 1. The molecular formula is C25H21N3O3. The molecule has 1 fully saturated rings. The summed E-state index contributed by atoms with van der Waals surface area (Å²) < 4.78 is 0. The average molecular weight is 411 g/mol. The molecule has 2 amide bonds. The average Bonchev–Trinajstić information content (AvgIpc) is 3.06. The van der Waals surface area contributed by atoms with Gasteiger partial charge in [0.1, 0.15) is 0 Å². The highest BCUT2D eigenvalue weighted by molar-refractivity contribution is 6.08. The Bertz CT molecular complexity index is 1140. The molecule has 1 saturated heterocycles. The molecule has 6 nitrogen and oxygen atoms in total. The van der Waals surface area contributed by atoms with Crippen molar-refractivity contribution in [1.29, 1.82) is 0 Å². The summed E-state index contributed by atoms with van der Waals surface area (Å²) in [6.07, 6.45) is 0.615. The zero-order valence-electron chi connectivity index (χ0n) is 16.9. The molecule has 3 aromatic rings. The molecule has 154 valence electrons. The summed E-state index contributed by atoms with van der Waals surface area (Å²) >= 11 is 0. The fourth-order valence-electron chi connectivity index (χ4n) is 3.66. The molecule has 3 aromatic carbocycles. The number of nitrogens with zero attached hydrogens (tertiary/aromatic N) is 3. The molecule has 1 aliphatic heterocycles. The van der Waals surface area contributed by atoms with Crippen LogP contribution >= 0.6 is 0 Å². The number of guanidine groups is 1. The smallest absolute Gasteiger partial charge is 0.418 e. The van der Waals surface area contributed by atoms with E-state index < -0.39 is 18.0 Å². The Morgan fingerprint density at radius 1 is 0.871 bits per heavy atom. The lowest BCUT2D eigenvalue weighted by atomic mass is 10.0. The Morgan fingerprint density at radius 3 is 2.00 bits per heavy atom. The van der Waals surface area contributed by atoms with Gasteiger partial charge in [-0.15, -0.1) is 0 Å². The van der Waals surface area contributed by atoms with Crippen LogP contribution in [0.1, 0.15) is 27.5 Å². The van der Waals surface area contributed by atoms with Gasteiger partial charge in [0.2, 0.25) is 5.96 Å². The second-order valence-electron chi connectivity index (χ2n) is 7.10. The van der Waals surface area contributed by atoms with Crippen LogP contribution < -0.4 is 0 Å². The molecule has 1 N–H and O–H groups in total. The largest absolute Gasteiger partial charge is 0.464 e. The monoisotopic (exact) mass is 411 g/mol. The minimum Gasteiger partial charge on any atom is -0.464 e. The van der Waals surface area contributed by atoms with E-state index in [-0.39, 0.29) is 5.96 Å². The Morgan fingerprint density at radius 2 is 1.42 bits per heavy atom. The lowest BCUT2D eigenvalue weighted by Crippen LogP contribution is -2.35. The van der Waals surface area contributed by atoms with Crippen molar-refractivity contribution in [2.24, 2.45) is 4.99 Å². The first kappa shape index (κ1) is 20.1. The molecule has 0 saturated carbocycles. The lowest BCUT2D eigenvalue weighted by Gasteiger charge is -2.20. The molecule has 0 spiro atoms. The molecule has 1 atom stereocenters. The van der Waals surface area contributed by atoms with Gasteiger partial charge in [-0.1, -0.05) is 78.9 Å². The van der Waals surface area contributed by atoms with E-state index in [9.17, 15) is 14.7 Å². The van der Waals surface area contributed by atoms with Crippen molar-refractivity contribution in [3.05, 3.63) is 113 Å². The van der Waals surface area contributed by atoms with Crippen LogP contribution in [-0.2, 0) is 0 Å². The first-order chi connectivity index (χ1) is 15.1. The summed E-state index contributed by atoms with van der Waals surface area (Å²) in [5.74, 6) is -0.432. The van der Waals surface area contributed by atoms with Crippen molar-refractivity contribution in [2.45, 2.75) is 6.04 Å². The van der Waals surface area contributed by atoms with Gasteiger partial charge in [0, 0.05) is 12.6 Å². The summed E-state index contributed by atoms with van der Waals surface area (Å²) in [5.41, 5.74) is 2.65. The number of rotatable bonds is 3. The maximum Gasteiger partial charge on any atom is 0.418 e. The normalized spacial score (nSPS) is 18.5. The number of hydrogen-bond acceptors (Lipinski definition) is 2. The van der Waals surface area contributed by atoms with Crippen LogP contribution in [0.25, 0.3) is 6.08 Å². The highest BCUT2D eigenvalue weighted by atomic mass is 16.4. The summed E-state index contributed by atoms with van der Waals surface area (Å²) in [5, 5.41) is 10.1. The van der Waals surface area contributed by atoms with E-state index in [0.29, 0.717) is 11.3 Å². The van der Waals surface area contributed by atoms with E-state index in [4.69, 9.17) is 0 Å². The minimum absolute atomic E-state index is 0.0670. The Hall–Kier alpha value is -4.19. The highest BCUT2D eigenvalue weighted by Gasteiger charge is 2.43. The third kappa shape index (κ3) is 4.09. The predicted octanol–water partition coefficient (Wildman–Crippen LogP) is 4.89. The molecule has 1 aliphatic rings. The number of carbonyl (C=O) groups is 2. The highest BCUT2D eigenvalue weighted by Crippen LogP contribution is 2.38. The zero-order valence-corrected chi connectivity index (χ0v) is 16.9. The number of aliphatic imine (C=N–C) groups is 1. The standard InChI is InChI=1S/C25H21N3O3/c1-27-22(19-13-7-3-8-14-19)21(17-18-11-5-2-6-12-18)28(25(30)31)24(27)26-23(29)20-15-9-4-10-16-20/h2-17,22H,1H3,(H,30,31)/b21-17-,26-24-. The molecule has 1 heterocycles. The van der Waals surface area contributed by atoms with E-state index in [0.717, 1.165) is 16.0 Å². The van der Waals surface area contributed by atoms with E-state index in [2.05, 4.69) is 4.99 Å². The van der Waals surface area contributed by atoms with Gasteiger partial charge >= 0.3 is 6.09 Å².